The normalized spacial score (nSPS) is 11.1. The summed E-state index contributed by atoms with van der Waals surface area (Å²) in [6, 6.07) is 0. The van der Waals surface area contributed by atoms with Crippen LogP contribution in [0.1, 0.15) is 40.5 Å². The maximum Gasteiger partial charge on any atom is 0.0181 e. The molecule has 0 aromatic heterocycles. The standard InChI is InChI=1S/C12H23N/c1-7-11(3)13-9-8-10(2)12(4,5)6/h13H,2-3,7-9H2,1,4-6H3. The molecule has 0 bridgehead atoms. The average molecular weight is 181 g/mol. The Kier molecular flexibility index (Phi) is 4.82. The lowest BCUT2D eigenvalue weighted by molar-refractivity contribution is 0.481. The minimum Gasteiger partial charge on any atom is -0.389 e. The van der Waals surface area contributed by atoms with Crippen molar-refractivity contribution in [3.8, 4) is 0 Å². The van der Waals surface area contributed by atoms with E-state index in [1.807, 2.05) is 0 Å². The van der Waals surface area contributed by atoms with Crippen LogP contribution in [0.3, 0.4) is 0 Å². The second-order valence-electron chi connectivity index (χ2n) is 4.49. The summed E-state index contributed by atoms with van der Waals surface area (Å²) in [4.78, 5) is 0. The van der Waals surface area contributed by atoms with Crippen LogP contribution in [0.5, 0.6) is 0 Å². The summed E-state index contributed by atoms with van der Waals surface area (Å²) in [6.07, 6.45) is 2.03. The Balaban J connectivity index is 3.67. The highest BCUT2D eigenvalue weighted by Crippen LogP contribution is 2.25. The number of rotatable bonds is 5. The molecular formula is C12H23N. The first-order chi connectivity index (χ1) is 5.88. The molecule has 0 aromatic carbocycles. The molecule has 0 radical (unpaired) electrons. The predicted molar refractivity (Wildman–Crippen MR) is 60.6 cm³/mol. The van der Waals surface area contributed by atoms with Crippen molar-refractivity contribution in [2.24, 2.45) is 5.41 Å². The molecule has 1 N–H and O–H groups in total. The van der Waals surface area contributed by atoms with E-state index >= 15 is 0 Å². The van der Waals surface area contributed by atoms with Crippen molar-refractivity contribution in [3.05, 3.63) is 24.4 Å². The maximum atomic E-state index is 4.08. The van der Waals surface area contributed by atoms with E-state index in [-0.39, 0.29) is 5.41 Å². The molecule has 76 valence electrons. The summed E-state index contributed by atoms with van der Waals surface area (Å²) in [5.74, 6) is 0. The largest absolute Gasteiger partial charge is 0.389 e. The van der Waals surface area contributed by atoms with Gasteiger partial charge in [-0.3, -0.25) is 0 Å². The van der Waals surface area contributed by atoms with Crippen LogP contribution in [0.15, 0.2) is 24.4 Å². The monoisotopic (exact) mass is 181 g/mol. The quantitative estimate of drug-likeness (QED) is 0.640. The number of allylic oxidation sites excluding steroid dienone is 1. The summed E-state index contributed by atoms with van der Waals surface area (Å²) in [7, 11) is 0. The van der Waals surface area contributed by atoms with Gasteiger partial charge in [0.15, 0.2) is 0 Å². The van der Waals surface area contributed by atoms with Gasteiger partial charge < -0.3 is 5.32 Å². The van der Waals surface area contributed by atoms with E-state index in [0.29, 0.717) is 0 Å². The van der Waals surface area contributed by atoms with Gasteiger partial charge in [0.1, 0.15) is 0 Å². The lowest BCUT2D eigenvalue weighted by atomic mass is 9.86. The molecule has 0 saturated carbocycles. The summed E-state index contributed by atoms with van der Waals surface area (Å²) in [5.41, 5.74) is 2.64. The molecule has 0 amide bonds. The molecule has 0 saturated heterocycles. The molecule has 0 atom stereocenters. The minimum atomic E-state index is 0.231. The van der Waals surface area contributed by atoms with Crippen LogP contribution in [-0.4, -0.2) is 6.54 Å². The van der Waals surface area contributed by atoms with E-state index in [4.69, 9.17) is 0 Å². The molecule has 0 aliphatic carbocycles. The van der Waals surface area contributed by atoms with Gasteiger partial charge in [0.25, 0.3) is 0 Å². The Morgan fingerprint density at radius 1 is 1.23 bits per heavy atom. The van der Waals surface area contributed by atoms with Gasteiger partial charge in [0, 0.05) is 12.2 Å². The summed E-state index contributed by atoms with van der Waals surface area (Å²) in [5, 5.41) is 3.28. The number of nitrogens with one attached hydrogen (secondary N) is 1. The maximum absolute atomic E-state index is 4.08. The first kappa shape index (κ1) is 12.3. The zero-order valence-corrected chi connectivity index (χ0v) is 9.54. The van der Waals surface area contributed by atoms with E-state index in [9.17, 15) is 0 Å². The minimum absolute atomic E-state index is 0.231. The molecule has 1 heteroatoms. The number of hydrogen-bond donors (Lipinski definition) is 1. The third-order valence-electron chi connectivity index (χ3n) is 2.29. The zero-order valence-electron chi connectivity index (χ0n) is 9.54. The zero-order chi connectivity index (χ0) is 10.5. The fourth-order valence-corrected chi connectivity index (χ4v) is 0.890. The van der Waals surface area contributed by atoms with Crippen LogP contribution < -0.4 is 5.32 Å². The first-order valence-electron chi connectivity index (χ1n) is 4.97. The predicted octanol–water partition coefficient (Wildman–Crippen LogP) is 3.49. The average Bonchev–Trinajstić information content (AvgIpc) is 2.02. The van der Waals surface area contributed by atoms with Gasteiger partial charge >= 0.3 is 0 Å². The molecule has 13 heavy (non-hydrogen) atoms. The van der Waals surface area contributed by atoms with Gasteiger partial charge in [-0.1, -0.05) is 46.4 Å². The Morgan fingerprint density at radius 2 is 1.77 bits per heavy atom. The van der Waals surface area contributed by atoms with Gasteiger partial charge in [-0.15, -0.1) is 0 Å². The van der Waals surface area contributed by atoms with Crippen LogP contribution in [-0.2, 0) is 0 Å². The van der Waals surface area contributed by atoms with Gasteiger partial charge in [-0.2, -0.15) is 0 Å². The first-order valence-corrected chi connectivity index (χ1v) is 4.97. The van der Waals surface area contributed by atoms with E-state index < -0.39 is 0 Å². The van der Waals surface area contributed by atoms with Crippen molar-refractivity contribution >= 4 is 0 Å². The Labute approximate surface area is 82.9 Å². The van der Waals surface area contributed by atoms with Crippen LogP contribution in [0.4, 0.5) is 0 Å². The molecule has 0 aromatic rings. The van der Waals surface area contributed by atoms with Crippen LogP contribution in [0.25, 0.3) is 0 Å². The van der Waals surface area contributed by atoms with Crippen LogP contribution in [0.2, 0.25) is 0 Å². The van der Waals surface area contributed by atoms with Crippen molar-refractivity contribution in [1.82, 2.24) is 5.32 Å². The van der Waals surface area contributed by atoms with E-state index in [1.165, 1.54) is 5.57 Å². The topological polar surface area (TPSA) is 12.0 Å². The SMILES string of the molecule is C=C(CC)NCCC(=C)C(C)(C)C. The van der Waals surface area contributed by atoms with Crippen molar-refractivity contribution in [1.29, 1.82) is 0 Å². The van der Waals surface area contributed by atoms with Crippen LogP contribution in [0, 0.1) is 5.41 Å². The summed E-state index contributed by atoms with van der Waals surface area (Å²) >= 11 is 0. The highest BCUT2D eigenvalue weighted by Gasteiger charge is 2.13. The third-order valence-corrected chi connectivity index (χ3v) is 2.29. The van der Waals surface area contributed by atoms with Gasteiger partial charge in [0.2, 0.25) is 0 Å². The van der Waals surface area contributed by atoms with Crippen molar-refractivity contribution in [2.45, 2.75) is 40.5 Å². The van der Waals surface area contributed by atoms with Gasteiger partial charge in [-0.05, 0) is 18.3 Å². The molecule has 0 spiro atoms. The molecule has 0 fully saturated rings. The van der Waals surface area contributed by atoms with E-state index in [0.717, 1.165) is 25.1 Å². The molecular weight excluding hydrogens is 158 g/mol. The van der Waals surface area contributed by atoms with Crippen LogP contribution >= 0.6 is 0 Å². The lowest BCUT2D eigenvalue weighted by Crippen LogP contribution is -2.17. The lowest BCUT2D eigenvalue weighted by Gasteiger charge is -2.22. The molecule has 1 nitrogen and oxygen atoms in total. The van der Waals surface area contributed by atoms with Crippen molar-refractivity contribution in [2.75, 3.05) is 6.54 Å². The van der Waals surface area contributed by atoms with E-state index in [2.05, 4.69) is 46.2 Å². The van der Waals surface area contributed by atoms with Gasteiger partial charge in [-0.25, -0.2) is 0 Å². The fourth-order valence-electron chi connectivity index (χ4n) is 0.890. The van der Waals surface area contributed by atoms with Crippen molar-refractivity contribution in [3.63, 3.8) is 0 Å². The summed E-state index contributed by atoms with van der Waals surface area (Å²) < 4.78 is 0. The second-order valence-corrected chi connectivity index (χ2v) is 4.49. The Hall–Kier alpha value is -0.720. The van der Waals surface area contributed by atoms with Gasteiger partial charge in [0.05, 0.1) is 0 Å². The Morgan fingerprint density at radius 3 is 2.15 bits per heavy atom. The molecule has 0 aliphatic heterocycles. The molecule has 0 rings (SSSR count). The second kappa shape index (κ2) is 5.11. The summed E-state index contributed by atoms with van der Waals surface area (Å²) in [6.45, 7) is 17.6. The van der Waals surface area contributed by atoms with E-state index in [1.54, 1.807) is 0 Å². The smallest absolute Gasteiger partial charge is 0.0181 e. The molecule has 0 unspecified atom stereocenters. The molecule has 0 heterocycles. The highest BCUT2D eigenvalue weighted by molar-refractivity contribution is 5.06. The third kappa shape index (κ3) is 5.51. The Bertz CT molecular complexity index is 184. The molecule has 0 aliphatic rings. The highest BCUT2D eigenvalue weighted by atomic mass is 14.9. The fraction of sp³-hybridized carbons (Fsp3) is 0.667. The number of hydrogen-bond acceptors (Lipinski definition) is 1. The van der Waals surface area contributed by atoms with Crippen molar-refractivity contribution < 1.29 is 0 Å².